The molecule has 110 valence electrons. The van der Waals surface area contributed by atoms with Crippen LogP contribution in [-0.2, 0) is 13.0 Å². The van der Waals surface area contributed by atoms with Crippen molar-refractivity contribution in [3.63, 3.8) is 0 Å². The average molecular weight is 303 g/mol. The van der Waals surface area contributed by atoms with E-state index in [0.29, 0.717) is 12.5 Å². The lowest BCUT2D eigenvalue weighted by molar-refractivity contribution is 1.05. The fourth-order valence-electron chi connectivity index (χ4n) is 1.96. The van der Waals surface area contributed by atoms with Crippen LogP contribution in [0.5, 0.6) is 0 Å². The van der Waals surface area contributed by atoms with Crippen LogP contribution in [0.1, 0.15) is 23.7 Å². The summed E-state index contributed by atoms with van der Waals surface area (Å²) in [6.45, 7) is 5.56. The van der Waals surface area contributed by atoms with E-state index in [-0.39, 0.29) is 0 Å². The van der Waals surface area contributed by atoms with E-state index in [2.05, 4.69) is 42.7 Å². The predicted molar refractivity (Wildman–Crippen MR) is 84.7 cm³/mol. The molecule has 3 aromatic rings. The van der Waals surface area contributed by atoms with E-state index in [9.17, 15) is 0 Å². The number of H-pyrrole nitrogens is 1. The molecule has 3 rings (SSSR count). The number of aromatic nitrogens is 5. The number of thiazole rings is 1. The zero-order chi connectivity index (χ0) is 14.7. The topological polar surface area (TPSA) is 91.4 Å². The molecule has 21 heavy (non-hydrogen) atoms. The molecular formula is C13H17N7S. The van der Waals surface area contributed by atoms with Crippen molar-refractivity contribution in [2.45, 2.75) is 26.8 Å². The molecule has 0 spiro atoms. The van der Waals surface area contributed by atoms with E-state index in [1.54, 1.807) is 17.5 Å². The smallest absolute Gasteiger partial charge is 0.226 e. The molecule has 0 aliphatic heterocycles. The van der Waals surface area contributed by atoms with Crippen LogP contribution >= 0.6 is 11.3 Å². The van der Waals surface area contributed by atoms with E-state index >= 15 is 0 Å². The molecule has 0 amide bonds. The second-order valence-corrected chi connectivity index (χ2v) is 5.69. The van der Waals surface area contributed by atoms with Gasteiger partial charge in [-0.1, -0.05) is 6.92 Å². The fourth-order valence-corrected chi connectivity index (χ4v) is 2.76. The minimum absolute atomic E-state index is 0.588. The van der Waals surface area contributed by atoms with Crippen molar-refractivity contribution >= 4 is 34.1 Å². The van der Waals surface area contributed by atoms with Gasteiger partial charge in [-0.2, -0.15) is 15.1 Å². The molecule has 3 aromatic heterocycles. The second kappa shape index (κ2) is 6.04. The lowest BCUT2D eigenvalue weighted by Gasteiger charge is -2.07. The van der Waals surface area contributed by atoms with Gasteiger partial charge in [0, 0.05) is 17.6 Å². The summed E-state index contributed by atoms with van der Waals surface area (Å²) in [4.78, 5) is 14.5. The number of nitrogens with zero attached hydrogens (tertiary/aromatic N) is 4. The number of anilines is 2. The van der Waals surface area contributed by atoms with Gasteiger partial charge in [0.15, 0.2) is 5.65 Å². The van der Waals surface area contributed by atoms with Crippen LogP contribution in [0.25, 0.3) is 11.0 Å². The maximum Gasteiger partial charge on any atom is 0.226 e. The Hall–Kier alpha value is -2.22. The highest BCUT2D eigenvalue weighted by atomic mass is 32.1. The molecule has 0 unspecified atom stereocenters. The first kappa shape index (κ1) is 13.7. The van der Waals surface area contributed by atoms with Crippen LogP contribution in [0.4, 0.5) is 11.8 Å². The largest absolute Gasteiger partial charge is 0.363 e. The number of nitrogens with one attached hydrogen (secondary N) is 3. The summed E-state index contributed by atoms with van der Waals surface area (Å²) in [5, 5.41) is 15.3. The Morgan fingerprint density at radius 3 is 2.86 bits per heavy atom. The molecule has 8 heteroatoms. The number of hydrogen-bond donors (Lipinski definition) is 3. The SMILES string of the molecule is CCNc1nc(NCc2ncc(CC)s2)c2cn[nH]c2n1. The quantitative estimate of drug-likeness (QED) is 0.648. The summed E-state index contributed by atoms with van der Waals surface area (Å²) >= 11 is 1.72. The third-order valence-corrected chi connectivity index (χ3v) is 4.14. The van der Waals surface area contributed by atoms with Gasteiger partial charge in [0.1, 0.15) is 10.8 Å². The lowest BCUT2D eigenvalue weighted by atomic mass is 10.4. The molecule has 0 bridgehead atoms. The van der Waals surface area contributed by atoms with Crippen LogP contribution < -0.4 is 10.6 Å². The number of aryl methyl sites for hydroxylation is 1. The van der Waals surface area contributed by atoms with Crippen molar-refractivity contribution < 1.29 is 0 Å². The van der Waals surface area contributed by atoms with Crippen LogP contribution in [0, 0.1) is 0 Å². The standard InChI is InChI=1S/C13H17N7S/c1-3-8-5-15-10(21-8)7-16-11-9-6-17-20-12(9)19-13(18-11)14-4-2/h5-6H,3-4,7H2,1-2H3,(H3,14,16,17,18,19,20). The molecule has 3 N–H and O–H groups in total. The van der Waals surface area contributed by atoms with E-state index < -0.39 is 0 Å². The van der Waals surface area contributed by atoms with Crippen molar-refractivity contribution in [2.75, 3.05) is 17.2 Å². The zero-order valence-corrected chi connectivity index (χ0v) is 12.8. The van der Waals surface area contributed by atoms with Crippen molar-refractivity contribution in [3.05, 3.63) is 22.3 Å². The van der Waals surface area contributed by atoms with Crippen LogP contribution in [0.3, 0.4) is 0 Å². The zero-order valence-electron chi connectivity index (χ0n) is 12.0. The first-order chi connectivity index (χ1) is 10.3. The van der Waals surface area contributed by atoms with Gasteiger partial charge in [0.25, 0.3) is 0 Å². The minimum Gasteiger partial charge on any atom is -0.363 e. The Balaban J connectivity index is 1.83. The van der Waals surface area contributed by atoms with Crippen LogP contribution in [0.15, 0.2) is 12.4 Å². The van der Waals surface area contributed by atoms with Crippen molar-refractivity contribution in [1.29, 1.82) is 0 Å². The summed E-state index contributed by atoms with van der Waals surface area (Å²) in [6, 6.07) is 0. The number of fused-ring (bicyclic) bond motifs is 1. The molecule has 0 saturated carbocycles. The maximum atomic E-state index is 4.49. The third-order valence-electron chi connectivity index (χ3n) is 3.00. The molecule has 7 nitrogen and oxygen atoms in total. The Morgan fingerprint density at radius 2 is 2.10 bits per heavy atom. The Kier molecular flexibility index (Phi) is 3.96. The van der Waals surface area contributed by atoms with Gasteiger partial charge in [-0.25, -0.2) is 4.98 Å². The fraction of sp³-hybridized carbons (Fsp3) is 0.385. The van der Waals surface area contributed by atoms with Gasteiger partial charge in [-0.05, 0) is 13.3 Å². The van der Waals surface area contributed by atoms with Crippen molar-refractivity contribution in [3.8, 4) is 0 Å². The first-order valence-corrected chi connectivity index (χ1v) is 7.74. The van der Waals surface area contributed by atoms with Gasteiger partial charge in [0.2, 0.25) is 5.95 Å². The number of hydrogen-bond acceptors (Lipinski definition) is 7. The highest BCUT2D eigenvalue weighted by molar-refractivity contribution is 7.11. The van der Waals surface area contributed by atoms with E-state index in [4.69, 9.17) is 0 Å². The summed E-state index contributed by atoms with van der Waals surface area (Å²) in [5.41, 5.74) is 0.719. The Morgan fingerprint density at radius 1 is 1.19 bits per heavy atom. The first-order valence-electron chi connectivity index (χ1n) is 6.92. The number of aromatic amines is 1. The normalized spacial score (nSPS) is 11.0. The molecular weight excluding hydrogens is 286 g/mol. The van der Waals surface area contributed by atoms with Crippen LogP contribution in [0.2, 0.25) is 0 Å². The Bertz CT molecular complexity index is 733. The summed E-state index contributed by atoms with van der Waals surface area (Å²) in [6.07, 6.45) is 4.67. The van der Waals surface area contributed by atoms with Crippen LogP contribution in [-0.4, -0.2) is 31.7 Å². The summed E-state index contributed by atoms with van der Waals surface area (Å²) in [5.74, 6) is 1.35. The molecule has 0 fully saturated rings. The Labute approximate surface area is 126 Å². The number of rotatable bonds is 6. The van der Waals surface area contributed by atoms with Gasteiger partial charge < -0.3 is 10.6 Å². The van der Waals surface area contributed by atoms with E-state index in [0.717, 1.165) is 34.8 Å². The second-order valence-electron chi connectivity index (χ2n) is 4.49. The van der Waals surface area contributed by atoms with E-state index in [1.807, 2.05) is 13.1 Å². The molecule has 0 radical (unpaired) electrons. The van der Waals surface area contributed by atoms with Crippen molar-refractivity contribution in [2.24, 2.45) is 0 Å². The van der Waals surface area contributed by atoms with Gasteiger partial charge >= 0.3 is 0 Å². The monoisotopic (exact) mass is 303 g/mol. The minimum atomic E-state index is 0.588. The molecule has 3 heterocycles. The average Bonchev–Trinajstić information content (AvgIpc) is 3.13. The predicted octanol–water partition coefficient (Wildman–Crippen LogP) is 2.42. The van der Waals surface area contributed by atoms with Gasteiger partial charge in [-0.3, -0.25) is 5.10 Å². The molecule has 0 aliphatic carbocycles. The highest BCUT2D eigenvalue weighted by Crippen LogP contribution is 2.21. The van der Waals surface area contributed by atoms with E-state index in [1.165, 1.54) is 4.88 Å². The molecule has 0 atom stereocenters. The lowest BCUT2D eigenvalue weighted by Crippen LogP contribution is -2.07. The molecule has 0 saturated heterocycles. The molecule has 0 aromatic carbocycles. The van der Waals surface area contributed by atoms with Gasteiger partial charge in [0.05, 0.1) is 18.1 Å². The third kappa shape index (κ3) is 2.94. The summed E-state index contributed by atoms with van der Waals surface area (Å²) in [7, 11) is 0. The van der Waals surface area contributed by atoms with Crippen molar-refractivity contribution in [1.82, 2.24) is 25.1 Å². The maximum absolute atomic E-state index is 4.49. The molecule has 0 aliphatic rings. The highest BCUT2D eigenvalue weighted by Gasteiger charge is 2.09. The summed E-state index contributed by atoms with van der Waals surface area (Å²) < 4.78 is 0. The van der Waals surface area contributed by atoms with Gasteiger partial charge in [-0.15, -0.1) is 11.3 Å².